The summed E-state index contributed by atoms with van der Waals surface area (Å²) in [6, 6.07) is 1.46. The van der Waals surface area contributed by atoms with E-state index in [1.165, 1.54) is 24.1 Å². The van der Waals surface area contributed by atoms with Crippen molar-refractivity contribution in [3.05, 3.63) is 18.0 Å². The molecule has 1 saturated heterocycles. The normalized spacial score (nSPS) is 23.3. The van der Waals surface area contributed by atoms with Gasteiger partial charge in [-0.2, -0.15) is 14.5 Å². The lowest BCUT2D eigenvalue weighted by Gasteiger charge is -2.36. The molecule has 2 rings (SSSR count). The number of carbonyl (C=O) groups is 3. The fourth-order valence-corrected chi connectivity index (χ4v) is 3.90. The number of methoxy groups -OCH3 is 1. The van der Waals surface area contributed by atoms with Gasteiger partial charge in [-0.05, 0) is 6.07 Å². The van der Waals surface area contributed by atoms with Crippen molar-refractivity contribution < 1.29 is 42.3 Å². The lowest BCUT2D eigenvalue weighted by atomic mass is 9.87. The summed E-state index contributed by atoms with van der Waals surface area (Å²) in [5.74, 6) is -1.73. The zero-order valence-corrected chi connectivity index (χ0v) is 17.5. The smallest absolute Gasteiger partial charge is 0.469 e. The van der Waals surface area contributed by atoms with Crippen LogP contribution in [0.5, 0.6) is 0 Å². The number of nitrogens with zero attached hydrogens (tertiary/aromatic N) is 2. The van der Waals surface area contributed by atoms with Gasteiger partial charge in [0.15, 0.2) is 6.10 Å². The molecule has 0 radical (unpaired) electrons. The van der Waals surface area contributed by atoms with Gasteiger partial charge in [0, 0.05) is 25.2 Å². The third kappa shape index (κ3) is 6.18. The summed E-state index contributed by atoms with van der Waals surface area (Å²) >= 11 is 0. The first-order valence-electron chi connectivity index (χ1n) is 8.67. The standard InChI is InChI=1S/C16H24N3O9P/c1-16(2)9-26-29(23,27-10-25-15(22)11-5-8-18-19(11)3)28-13(16)14(21)17-7-6-12(20)24-4/h5,8,13,23H,6-7,9-10H2,1-4H3/p+1/t13-,29?/m0/s1. The Labute approximate surface area is 168 Å². The zero-order valence-electron chi connectivity index (χ0n) is 16.6. The molecular weight excluding hydrogens is 409 g/mol. The molecular formula is C16H25N3O9P+. The third-order valence-electron chi connectivity index (χ3n) is 4.08. The molecule has 2 heterocycles. The van der Waals surface area contributed by atoms with Crippen molar-refractivity contribution in [3.8, 4) is 0 Å². The number of ether oxygens (including phenoxy) is 2. The first kappa shape index (κ1) is 23.2. The van der Waals surface area contributed by atoms with Gasteiger partial charge in [0.25, 0.3) is 5.91 Å². The molecule has 0 saturated carbocycles. The number of hydrogen-bond acceptors (Lipinski definition) is 10. The maximum Gasteiger partial charge on any atom is 0.576 e. The van der Waals surface area contributed by atoms with Crippen LogP contribution in [0.4, 0.5) is 0 Å². The first-order chi connectivity index (χ1) is 13.6. The Morgan fingerprint density at radius 1 is 1.45 bits per heavy atom. The molecule has 29 heavy (non-hydrogen) atoms. The van der Waals surface area contributed by atoms with Crippen LogP contribution < -0.4 is 5.32 Å². The number of aromatic nitrogens is 2. The highest BCUT2D eigenvalue weighted by Gasteiger charge is 2.59. The van der Waals surface area contributed by atoms with Crippen LogP contribution in [0.1, 0.15) is 30.8 Å². The molecule has 12 nitrogen and oxygen atoms in total. The average molecular weight is 434 g/mol. The topological polar surface area (TPSA) is 147 Å². The predicted molar refractivity (Wildman–Crippen MR) is 98.0 cm³/mol. The number of carbonyl (C=O) groups excluding carboxylic acids is 3. The van der Waals surface area contributed by atoms with Gasteiger partial charge < -0.3 is 14.8 Å². The molecule has 2 atom stereocenters. The van der Waals surface area contributed by atoms with Crippen molar-refractivity contribution in [1.29, 1.82) is 0 Å². The SMILES string of the molecule is COC(=O)CCNC(=O)[C@@H]1O[P+](O)(OCOC(=O)c2ccnn2C)OCC1(C)C. The van der Waals surface area contributed by atoms with Crippen molar-refractivity contribution >= 4 is 26.0 Å². The van der Waals surface area contributed by atoms with E-state index in [2.05, 4.69) is 15.2 Å². The molecule has 0 spiro atoms. The van der Waals surface area contributed by atoms with E-state index in [1.807, 2.05) is 0 Å². The van der Waals surface area contributed by atoms with E-state index >= 15 is 0 Å². The molecule has 0 aromatic carbocycles. The van der Waals surface area contributed by atoms with Crippen molar-refractivity contribution in [2.24, 2.45) is 12.5 Å². The number of aryl methyl sites for hydroxylation is 1. The first-order valence-corrected chi connectivity index (χ1v) is 10.2. The number of rotatable bonds is 8. The highest BCUT2D eigenvalue weighted by molar-refractivity contribution is 7.55. The summed E-state index contributed by atoms with van der Waals surface area (Å²) in [6.45, 7) is 2.78. The van der Waals surface area contributed by atoms with Gasteiger partial charge >= 0.3 is 20.1 Å². The lowest BCUT2D eigenvalue weighted by molar-refractivity contribution is -0.146. The van der Waals surface area contributed by atoms with E-state index in [0.29, 0.717) is 0 Å². The summed E-state index contributed by atoms with van der Waals surface area (Å²) in [5, 5.41) is 6.39. The van der Waals surface area contributed by atoms with Crippen LogP contribution in [0.3, 0.4) is 0 Å². The van der Waals surface area contributed by atoms with E-state index in [1.54, 1.807) is 20.9 Å². The van der Waals surface area contributed by atoms with Gasteiger partial charge in [-0.1, -0.05) is 13.8 Å². The summed E-state index contributed by atoms with van der Waals surface area (Å²) in [5.41, 5.74) is -0.593. The average Bonchev–Trinajstić information content (AvgIpc) is 3.09. The minimum Gasteiger partial charge on any atom is -0.469 e. The van der Waals surface area contributed by atoms with E-state index in [9.17, 15) is 19.3 Å². The van der Waals surface area contributed by atoms with Crippen molar-refractivity contribution in [1.82, 2.24) is 15.1 Å². The van der Waals surface area contributed by atoms with Crippen molar-refractivity contribution in [2.45, 2.75) is 26.4 Å². The van der Waals surface area contributed by atoms with Gasteiger partial charge in [-0.25, -0.2) is 4.79 Å². The molecule has 1 aromatic heterocycles. The maximum atomic E-state index is 12.5. The molecule has 0 aliphatic carbocycles. The van der Waals surface area contributed by atoms with Crippen molar-refractivity contribution in [2.75, 3.05) is 27.1 Å². The second-order valence-corrected chi connectivity index (χ2v) is 8.52. The molecule has 1 unspecified atom stereocenters. The van der Waals surface area contributed by atoms with Crippen LogP contribution in [-0.2, 0) is 39.7 Å². The van der Waals surface area contributed by atoms with Gasteiger partial charge in [-0.3, -0.25) is 14.3 Å². The van der Waals surface area contributed by atoms with Crippen molar-refractivity contribution in [3.63, 3.8) is 0 Å². The zero-order chi connectivity index (χ0) is 21.7. The number of nitrogens with one attached hydrogen (secondary N) is 1. The monoisotopic (exact) mass is 434 g/mol. The third-order valence-corrected chi connectivity index (χ3v) is 5.44. The van der Waals surface area contributed by atoms with Gasteiger partial charge in [0.05, 0.1) is 13.5 Å². The Morgan fingerprint density at radius 3 is 2.79 bits per heavy atom. The van der Waals surface area contributed by atoms with E-state index < -0.39 is 44.3 Å². The Morgan fingerprint density at radius 2 is 2.17 bits per heavy atom. The Balaban J connectivity index is 1.90. The van der Waals surface area contributed by atoms with Crippen LogP contribution in [0.15, 0.2) is 12.3 Å². The van der Waals surface area contributed by atoms with Crippen LogP contribution in [0.25, 0.3) is 0 Å². The van der Waals surface area contributed by atoms with Crippen LogP contribution in [0.2, 0.25) is 0 Å². The minimum atomic E-state index is -3.91. The summed E-state index contributed by atoms with van der Waals surface area (Å²) in [4.78, 5) is 46.0. The molecule has 1 aliphatic rings. The Hall–Kier alpha value is -2.11. The maximum absolute atomic E-state index is 12.5. The van der Waals surface area contributed by atoms with Crippen LogP contribution in [-0.4, -0.2) is 65.7 Å². The highest BCUT2D eigenvalue weighted by atomic mass is 31.2. The summed E-state index contributed by atoms with van der Waals surface area (Å²) in [7, 11) is -1.09. The fourth-order valence-electron chi connectivity index (χ4n) is 2.38. The molecule has 0 bridgehead atoms. The Bertz CT molecular complexity index is 754. The lowest BCUT2D eigenvalue weighted by Crippen LogP contribution is -2.50. The quantitative estimate of drug-likeness (QED) is 0.333. The van der Waals surface area contributed by atoms with E-state index in [4.69, 9.17) is 18.3 Å². The highest BCUT2D eigenvalue weighted by Crippen LogP contribution is 2.63. The number of hydrogen-bond donors (Lipinski definition) is 2. The molecule has 2 N–H and O–H groups in total. The van der Waals surface area contributed by atoms with Crippen LogP contribution >= 0.6 is 8.17 Å². The number of esters is 2. The molecule has 13 heteroatoms. The van der Waals surface area contributed by atoms with Crippen LogP contribution in [0, 0.1) is 5.41 Å². The Kier molecular flexibility index (Phi) is 7.66. The van der Waals surface area contributed by atoms with Gasteiger partial charge in [-0.15, -0.1) is 9.05 Å². The summed E-state index contributed by atoms with van der Waals surface area (Å²) < 4.78 is 26.5. The molecule has 1 amide bonds. The molecule has 1 fully saturated rings. The minimum absolute atomic E-state index is 0.00817. The van der Waals surface area contributed by atoms with Gasteiger partial charge in [0.2, 0.25) is 6.79 Å². The predicted octanol–water partition coefficient (Wildman–Crippen LogP) is 0.342. The largest absolute Gasteiger partial charge is 0.576 e. The second-order valence-electron chi connectivity index (χ2n) is 6.85. The number of amides is 1. The van der Waals surface area contributed by atoms with Gasteiger partial charge in [0.1, 0.15) is 12.3 Å². The second kappa shape index (κ2) is 9.59. The molecule has 162 valence electrons. The fraction of sp³-hybridized carbons (Fsp3) is 0.625. The van der Waals surface area contributed by atoms with E-state index in [0.717, 1.165) is 0 Å². The molecule has 1 aromatic rings. The van der Waals surface area contributed by atoms with E-state index in [-0.39, 0.29) is 25.3 Å². The molecule has 1 aliphatic heterocycles. The summed E-state index contributed by atoms with van der Waals surface area (Å²) in [6.07, 6.45) is 0.308.